The van der Waals surface area contributed by atoms with Gasteiger partial charge in [-0.25, -0.2) is 0 Å². The largest absolute Gasteiger partial charge is 0.351 e. The molecule has 0 aromatic heterocycles. The lowest BCUT2D eigenvalue weighted by Crippen LogP contribution is -2.29. The first-order chi connectivity index (χ1) is 23.7. The fourth-order valence-electron chi connectivity index (χ4n) is 7.36. The first kappa shape index (κ1) is 37.5. The molecule has 0 spiro atoms. The van der Waals surface area contributed by atoms with Crippen LogP contribution in [-0.2, 0) is 21.3 Å². The molecule has 5 rings (SSSR count). The van der Waals surface area contributed by atoms with Gasteiger partial charge in [0.15, 0.2) is 0 Å². The number of hydrogen-bond donors (Lipinski definition) is 3. The van der Waals surface area contributed by atoms with Crippen LogP contribution in [0.5, 0.6) is 0 Å². The number of allylic oxidation sites excluding steroid dienone is 3. The van der Waals surface area contributed by atoms with E-state index in [0.717, 1.165) is 52.3 Å². The Balaban J connectivity index is 1.32. The van der Waals surface area contributed by atoms with Crippen LogP contribution in [0.1, 0.15) is 80.8 Å². The van der Waals surface area contributed by atoms with E-state index in [2.05, 4.69) is 43.6 Å². The summed E-state index contributed by atoms with van der Waals surface area (Å²) in [7, 11) is -4.17. The van der Waals surface area contributed by atoms with Crippen LogP contribution in [0, 0.1) is 30.1 Å². The number of aryl methyl sites for hydroxylation is 1. The fourth-order valence-corrected chi connectivity index (χ4v) is 7.95. The number of carbonyl (C=O) groups excluding carboxylic acids is 2. The Hall–Kier alpha value is -3.72. The summed E-state index contributed by atoms with van der Waals surface area (Å²) in [5.41, 5.74) is 8.14. The van der Waals surface area contributed by atoms with E-state index >= 15 is 0 Å². The minimum atomic E-state index is -4.17. The summed E-state index contributed by atoms with van der Waals surface area (Å²) in [5.74, 6) is -0.104. The van der Waals surface area contributed by atoms with Gasteiger partial charge >= 0.3 is 0 Å². The van der Waals surface area contributed by atoms with Crippen LogP contribution in [-0.4, -0.2) is 37.1 Å². The summed E-state index contributed by atoms with van der Waals surface area (Å²) in [4.78, 5) is 26.6. The summed E-state index contributed by atoms with van der Waals surface area (Å²) >= 11 is 6.16. The van der Waals surface area contributed by atoms with Gasteiger partial charge in [-0.2, -0.15) is 8.42 Å². The molecule has 0 aliphatic heterocycles. The average Bonchev–Trinajstić information content (AvgIpc) is 3.07. The third-order valence-electron chi connectivity index (χ3n) is 10.4. The van der Waals surface area contributed by atoms with Gasteiger partial charge in [0.2, 0.25) is 5.91 Å². The van der Waals surface area contributed by atoms with Gasteiger partial charge in [0.25, 0.3) is 16.0 Å². The molecule has 0 bridgehead atoms. The van der Waals surface area contributed by atoms with Crippen molar-refractivity contribution in [1.82, 2.24) is 5.32 Å². The van der Waals surface area contributed by atoms with Crippen molar-refractivity contribution in [3.63, 3.8) is 0 Å². The SMILES string of the molecule is Cc1cc(Cl)ccc1-c1ccc(NC(=O)C(Cc2ccc(C(=O)NCCS(=O)(=O)O)cc2)C2=CC=C(C3CCC(C(C)(C)C)CC3)CC2)cc1. The molecule has 3 aromatic carbocycles. The van der Waals surface area contributed by atoms with Crippen LogP contribution in [0.3, 0.4) is 0 Å². The molecule has 1 saturated carbocycles. The fraction of sp³-hybridized carbons (Fsp3) is 0.415. The highest BCUT2D eigenvalue weighted by atomic mass is 35.5. The van der Waals surface area contributed by atoms with E-state index in [-0.39, 0.29) is 12.5 Å². The van der Waals surface area contributed by atoms with Crippen molar-refractivity contribution >= 4 is 39.2 Å². The summed E-state index contributed by atoms with van der Waals surface area (Å²) in [6.45, 7) is 8.89. The molecule has 1 fully saturated rings. The molecule has 0 radical (unpaired) electrons. The lowest BCUT2D eigenvalue weighted by Gasteiger charge is -2.38. The van der Waals surface area contributed by atoms with Gasteiger partial charge in [-0.15, -0.1) is 0 Å². The normalized spacial score (nSPS) is 18.8. The van der Waals surface area contributed by atoms with Crippen molar-refractivity contribution < 1.29 is 22.6 Å². The molecule has 2 aliphatic carbocycles. The van der Waals surface area contributed by atoms with Crippen molar-refractivity contribution in [3.05, 3.63) is 112 Å². The van der Waals surface area contributed by atoms with Gasteiger partial charge in [-0.1, -0.05) is 86.0 Å². The van der Waals surface area contributed by atoms with E-state index in [0.29, 0.717) is 28.3 Å². The second-order valence-electron chi connectivity index (χ2n) is 14.9. The summed E-state index contributed by atoms with van der Waals surface area (Å²) in [5, 5.41) is 6.37. The van der Waals surface area contributed by atoms with Gasteiger partial charge in [-0.3, -0.25) is 14.1 Å². The first-order valence-electron chi connectivity index (χ1n) is 17.6. The third kappa shape index (κ3) is 10.2. The lowest BCUT2D eigenvalue weighted by molar-refractivity contribution is -0.118. The summed E-state index contributed by atoms with van der Waals surface area (Å²) in [6.07, 6.45) is 11.7. The maximum absolute atomic E-state index is 14.0. The molecule has 0 heterocycles. The van der Waals surface area contributed by atoms with Gasteiger partial charge in [0.1, 0.15) is 0 Å². The van der Waals surface area contributed by atoms with Crippen molar-refractivity contribution in [1.29, 1.82) is 0 Å². The quantitative estimate of drug-likeness (QED) is 0.171. The molecule has 2 aliphatic rings. The number of anilines is 1. The van der Waals surface area contributed by atoms with E-state index in [1.54, 1.807) is 12.1 Å². The maximum Gasteiger partial charge on any atom is 0.266 e. The summed E-state index contributed by atoms with van der Waals surface area (Å²) < 4.78 is 30.9. The van der Waals surface area contributed by atoms with Crippen molar-refractivity contribution in [3.8, 4) is 11.1 Å². The molecule has 1 unspecified atom stereocenters. The molecule has 1 atom stereocenters. The predicted octanol–water partition coefficient (Wildman–Crippen LogP) is 9.23. The van der Waals surface area contributed by atoms with Crippen LogP contribution in [0.25, 0.3) is 11.1 Å². The highest BCUT2D eigenvalue weighted by Gasteiger charge is 2.32. The van der Waals surface area contributed by atoms with E-state index in [1.165, 1.54) is 31.3 Å². The molecule has 9 heteroatoms. The standard InChI is InChI=1S/C41H49ClN2O5S/c1-27-25-35(42)19-22-37(27)31-15-20-36(21-16-31)44-40(46)38(26-28-5-7-33(8-6-28)39(45)43-23-24-50(47,48)49)32-11-9-29(10-12-32)30-13-17-34(18-14-30)41(2,3)4/h5-9,11,15-16,19-22,25,30,34,38H,10,12-14,17-18,23-24,26H2,1-4H3,(H,43,45)(H,44,46)(H,47,48,49). The number of hydrogen-bond acceptors (Lipinski definition) is 4. The van der Waals surface area contributed by atoms with Crippen LogP contribution in [0.4, 0.5) is 5.69 Å². The van der Waals surface area contributed by atoms with E-state index in [1.807, 2.05) is 61.5 Å². The zero-order chi connectivity index (χ0) is 36.1. The van der Waals surface area contributed by atoms with Gasteiger partial charge in [0, 0.05) is 22.8 Å². The van der Waals surface area contributed by atoms with E-state index < -0.39 is 27.7 Å². The van der Waals surface area contributed by atoms with Crippen LogP contribution in [0.2, 0.25) is 5.02 Å². The monoisotopic (exact) mass is 716 g/mol. The van der Waals surface area contributed by atoms with Crippen LogP contribution >= 0.6 is 11.6 Å². The average molecular weight is 717 g/mol. The topological polar surface area (TPSA) is 113 Å². The molecule has 7 nitrogen and oxygen atoms in total. The zero-order valence-electron chi connectivity index (χ0n) is 29.5. The van der Waals surface area contributed by atoms with Crippen molar-refractivity contribution in [2.45, 2.75) is 72.6 Å². The zero-order valence-corrected chi connectivity index (χ0v) is 31.0. The van der Waals surface area contributed by atoms with Crippen molar-refractivity contribution in [2.75, 3.05) is 17.6 Å². The van der Waals surface area contributed by atoms with Crippen LogP contribution < -0.4 is 10.6 Å². The van der Waals surface area contributed by atoms with Crippen LogP contribution in [0.15, 0.2) is 90.0 Å². The summed E-state index contributed by atoms with van der Waals surface area (Å²) in [6, 6.07) is 20.7. The smallest absolute Gasteiger partial charge is 0.266 e. The number of nitrogens with one attached hydrogen (secondary N) is 2. The predicted molar refractivity (Wildman–Crippen MR) is 203 cm³/mol. The number of rotatable bonds is 11. The Labute approximate surface area is 302 Å². The molecular formula is C41H49ClN2O5S. The third-order valence-corrected chi connectivity index (χ3v) is 11.4. The Morgan fingerprint density at radius 2 is 1.60 bits per heavy atom. The first-order valence-corrected chi connectivity index (χ1v) is 19.5. The Morgan fingerprint density at radius 1 is 0.920 bits per heavy atom. The van der Waals surface area contributed by atoms with E-state index in [4.69, 9.17) is 16.2 Å². The molecule has 0 saturated heterocycles. The number of halogens is 1. The lowest BCUT2D eigenvalue weighted by atomic mass is 9.67. The molecule has 3 N–H and O–H groups in total. The Kier molecular flexibility index (Phi) is 12.1. The second kappa shape index (κ2) is 16.1. The number of carbonyl (C=O) groups is 2. The molecule has 266 valence electrons. The number of benzene rings is 3. The molecule has 3 aromatic rings. The highest BCUT2D eigenvalue weighted by molar-refractivity contribution is 7.85. The number of amides is 2. The van der Waals surface area contributed by atoms with Gasteiger partial charge in [-0.05, 0) is 128 Å². The molecule has 50 heavy (non-hydrogen) atoms. The molecule has 2 amide bonds. The Bertz CT molecular complexity index is 1850. The highest BCUT2D eigenvalue weighted by Crippen LogP contribution is 2.44. The minimum Gasteiger partial charge on any atom is -0.351 e. The second-order valence-corrected chi connectivity index (χ2v) is 16.9. The van der Waals surface area contributed by atoms with E-state index in [9.17, 15) is 18.0 Å². The van der Waals surface area contributed by atoms with Gasteiger partial charge in [0.05, 0.1) is 11.7 Å². The van der Waals surface area contributed by atoms with Gasteiger partial charge < -0.3 is 10.6 Å². The molecular weight excluding hydrogens is 668 g/mol. The maximum atomic E-state index is 14.0. The van der Waals surface area contributed by atoms with Crippen molar-refractivity contribution in [2.24, 2.45) is 23.2 Å². The minimum absolute atomic E-state index is 0.0822. The Morgan fingerprint density at radius 3 is 2.18 bits per heavy atom.